The predicted octanol–water partition coefficient (Wildman–Crippen LogP) is 3.93. The van der Waals surface area contributed by atoms with Gasteiger partial charge in [-0.3, -0.25) is 0 Å². The number of aliphatic hydroxyl groups excluding tert-OH is 2. The van der Waals surface area contributed by atoms with E-state index in [1.165, 1.54) is 25.3 Å². The van der Waals surface area contributed by atoms with Gasteiger partial charge in [-0.15, -0.1) is 0 Å². The molecule has 0 aliphatic rings. The minimum Gasteiger partial charge on any atom is -0.495 e. The number of rotatable bonds is 8. The van der Waals surface area contributed by atoms with Crippen LogP contribution >= 0.6 is 0 Å². The highest BCUT2D eigenvalue weighted by molar-refractivity contribution is 7.90. The Bertz CT molecular complexity index is 1320. The molecule has 3 rings (SSSR count). The fourth-order valence-electron chi connectivity index (χ4n) is 3.00. The fourth-order valence-corrected chi connectivity index (χ4v) is 4.90. The molecule has 0 fully saturated rings. The third-order valence-electron chi connectivity index (χ3n) is 5.06. The maximum atomic E-state index is 12.5. The van der Waals surface area contributed by atoms with Crippen LogP contribution in [0.15, 0.2) is 76.5 Å². The van der Waals surface area contributed by atoms with Gasteiger partial charge in [0, 0.05) is 12.8 Å². The van der Waals surface area contributed by atoms with Crippen LogP contribution in [0.3, 0.4) is 0 Å². The highest BCUT2D eigenvalue weighted by atomic mass is 32.2. The van der Waals surface area contributed by atoms with Crippen molar-refractivity contribution >= 4 is 19.9 Å². The third kappa shape index (κ3) is 10.3. The molecule has 0 saturated carbocycles. The number of benzene rings is 3. The molecule has 0 radical (unpaired) electrons. The molecule has 3 aromatic rings. The SMILES string of the molecule is CC.COc1ccc(C)cc1S(=O)(=O)NCc1ccc(S(C)(=O)=O)cc1.Cc1ccc(C(O)CO)cc1. The Morgan fingerprint density at radius 1 is 0.865 bits per heavy atom. The Morgan fingerprint density at radius 2 is 1.41 bits per heavy atom. The van der Waals surface area contributed by atoms with Gasteiger partial charge < -0.3 is 14.9 Å². The number of nitrogens with one attached hydrogen (secondary N) is 1. The molecule has 3 aromatic carbocycles. The van der Waals surface area contributed by atoms with Crippen LogP contribution < -0.4 is 9.46 Å². The molecule has 0 aliphatic heterocycles. The van der Waals surface area contributed by atoms with Gasteiger partial charge in [-0.25, -0.2) is 21.6 Å². The normalized spacial score (nSPS) is 11.9. The van der Waals surface area contributed by atoms with Gasteiger partial charge in [-0.05, 0) is 54.8 Å². The molecule has 204 valence electrons. The molecule has 0 aromatic heterocycles. The molecule has 0 saturated heterocycles. The van der Waals surface area contributed by atoms with Crippen LogP contribution in [0.4, 0.5) is 0 Å². The average Bonchev–Trinajstić information content (AvgIpc) is 2.89. The third-order valence-corrected chi connectivity index (χ3v) is 7.61. The highest BCUT2D eigenvalue weighted by Crippen LogP contribution is 2.24. The summed E-state index contributed by atoms with van der Waals surface area (Å²) in [7, 11) is -5.62. The van der Waals surface area contributed by atoms with Crippen LogP contribution in [-0.4, -0.2) is 47.0 Å². The number of hydrogen-bond donors (Lipinski definition) is 3. The first-order valence-electron chi connectivity index (χ1n) is 11.7. The van der Waals surface area contributed by atoms with Gasteiger partial charge in [0.25, 0.3) is 0 Å². The van der Waals surface area contributed by atoms with E-state index in [0.29, 0.717) is 5.56 Å². The van der Waals surface area contributed by atoms with Gasteiger partial charge in [0.2, 0.25) is 10.0 Å². The van der Waals surface area contributed by atoms with Crippen LogP contribution in [0, 0.1) is 13.8 Å². The summed E-state index contributed by atoms with van der Waals surface area (Å²) in [6.45, 7) is 7.60. The quantitative estimate of drug-likeness (QED) is 0.387. The maximum absolute atomic E-state index is 12.5. The van der Waals surface area contributed by atoms with Crippen molar-refractivity contribution in [3.63, 3.8) is 0 Å². The van der Waals surface area contributed by atoms with Crippen molar-refractivity contribution in [3.8, 4) is 5.75 Å². The molecular weight excluding hydrogens is 514 g/mol. The van der Waals surface area contributed by atoms with E-state index in [4.69, 9.17) is 9.84 Å². The standard InChI is InChI=1S/C16H19NO5S2.C9H12O2.C2H6/c1-12-4-9-15(22-2)16(10-12)24(20,21)17-11-13-5-7-14(8-6-13)23(3,18)19;1-7-2-4-8(5-3-7)9(11)6-10;1-2/h4-10,17H,11H2,1-3H3;2-5,9-11H,6H2,1H3;1-2H3. The molecule has 0 amide bonds. The number of hydrogen-bond acceptors (Lipinski definition) is 7. The Balaban J connectivity index is 0.000000439. The van der Waals surface area contributed by atoms with E-state index in [0.717, 1.165) is 22.9 Å². The lowest BCUT2D eigenvalue weighted by Crippen LogP contribution is -2.24. The van der Waals surface area contributed by atoms with E-state index in [9.17, 15) is 21.9 Å². The highest BCUT2D eigenvalue weighted by Gasteiger charge is 2.19. The van der Waals surface area contributed by atoms with Crippen molar-refractivity contribution < 1.29 is 31.8 Å². The molecule has 1 atom stereocenters. The first-order chi connectivity index (χ1) is 17.4. The van der Waals surface area contributed by atoms with Crippen LogP contribution in [0.5, 0.6) is 5.75 Å². The summed E-state index contributed by atoms with van der Waals surface area (Å²) >= 11 is 0. The van der Waals surface area contributed by atoms with Crippen molar-refractivity contribution in [1.82, 2.24) is 4.72 Å². The van der Waals surface area contributed by atoms with Crippen LogP contribution in [0.2, 0.25) is 0 Å². The molecule has 1 unspecified atom stereocenters. The summed E-state index contributed by atoms with van der Waals surface area (Å²) in [5.41, 5.74) is 3.36. The van der Waals surface area contributed by atoms with Gasteiger partial charge in [0.05, 0.1) is 18.6 Å². The molecule has 3 N–H and O–H groups in total. The van der Waals surface area contributed by atoms with Gasteiger partial charge in [0.1, 0.15) is 16.7 Å². The van der Waals surface area contributed by atoms with Crippen molar-refractivity contribution in [2.24, 2.45) is 0 Å². The molecule has 0 heterocycles. The molecule has 0 aliphatic carbocycles. The van der Waals surface area contributed by atoms with Crippen molar-refractivity contribution in [3.05, 3.63) is 89.0 Å². The number of sulfonamides is 1. The minimum atomic E-state index is -3.76. The number of aliphatic hydroxyl groups is 2. The first-order valence-corrected chi connectivity index (χ1v) is 15.0. The predicted molar refractivity (Wildman–Crippen MR) is 146 cm³/mol. The molecule has 37 heavy (non-hydrogen) atoms. The van der Waals surface area contributed by atoms with Crippen LogP contribution in [0.1, 0.15) is 42.2 Å². The Morgan fingerprint density at radius 3 is 1.89 bits per heavy atom. The van der Waals surface area contributed by atoms with E-state index >= 15 is 0 Å². The second-order valence-electron chi connectivity index (χ2n) is 8.00. The smallest absolute Gasteiger partial charge is 0.244 e. The first kappa shape index (κ1) is 32.3. The minimum absolute atomic E-state index is 0.0451. The second kappa shape index (κ2) is 14.8. The van der Waals surface area contributed by atoms with Crippen molar-refractivity contribution in [2.45, 2.75) is 50.1 Å². The monoisotopic (exact) mass is 551 g/mol. The van der Waals surface area contributed by atoms with E-state index in [1.54, 1.807) is 31.2 Å². The summed E-state index contributed by atoms with van der Waals surface area (Å²) in [6.07, 6.45) is 0.380. The maximum Gasteiger partial charge on any atom is 0.244 e. The Hall–Kier alpha value is -2.76. The molecule has 0 spiro atoms. The van der Waals surface area contributed by atoms with E-state index in [-0.39, 0.29) is 28.7 Å². The summed E-state index contributed by atoms with van der Waals surface area (Å²) in [5, 5.41) is 17.8. The van der Waals surface area contributed by atoms with Crippen LogP contribution in [-0.2, 0) is 26.4 Å². The summed E-state index contributed by atoms with van der Waals surface area (Å²) in [5.74, 6) is 0.264. The largest absolute Gasteiger partial charge is 0.495 e. The second-order valence-corrected chi connectivity index (χ2v) is 11.8. The van der Waals surface area contributed by atoms with E-state index in [2.05, 4.69) is 4.72 Å². The van der Waals surface area contributed by atoms with E-state index in [1.807, 2.05) is 45.0 Å². The summed E-state index contributed by atoms with van der Waals surface area (Å²) in [4.78, 5) is 0.257. The van der Waals surface area contributed by atoms with Crippen LogP contribution in [0.25, 0.3) is 0 Å². The Kier molecular flexibility index (Phi) is 12.9. The zero-order valence-corrected chi connectivity index (χ0v) is 23.7. The number of sulfone groups is 1. The van der Waals surface area contributed by atoms with Gasteiger partial charge in [-0.1, -0.05) is 61.9 Å². The average molecular weight is 552 g/mol. The lowest BCUT2D eigenvalue weighted by molar-refractivity contribution is 0.0956. The molecule has 0 bridgehead atoms. The fraction of sp³-hybridized carbons (Fsp3) is 0.333. The van der Waals surface area contributed by atoms with Crippen molar-refractivity contribution in [1.29, 1.82) is 0 Å². The summed E-state index contributed by atoms with van der Waals surface area (Å²) in [6, 6.07) is 18.4. The zero-order valence-electron chi connectivity index (χ0n) is 22.1. The van der Waals surface area contributed by atoms with E-state index < -0.39 is 26.0 Å². The van der Waals surface area contributed by atoms with Gasteiger partial charge >= 0.3 is 0 Å². The van der Waals surface area contributed by atoms with Crippen molar-refractivity contribution in [2.75, 3.05) is 20.0 Å². The molecule has 8 nitrogen and oxygen atoms in total. The molecular formula is C27H37NO7S2. The van der Waals surface area contributed by atoms with Gasteiger partial charge in [0.15, 0.2) is 9.84 Å². The number of methoxy groups -OCH3 is 1. The lowest BCUT2D eigenvalue weighted by Gasteiger charge is -2.11. The Labute approximate surface area is 220 Å². The molecule has 10 heteroatoms. The van der Waals surface area contributed by atoms with Gasteiger partial charge in [-0.2, -0.15) is 0 Å². The number of aryl methyl sites for hydroxylation is 2. The number of ether oxygens (including phenoxy) is 1. The topological polar surface area (TPSA) is 130 Å². The lowest BCUT2D eigenvalue weighted by atomic mass is 10.1. The summed E-state index contributed by atoms with van der Waals surface area (Å²) < 4.78 is 55.4. The zero-order chi connectivity index (χ0) is 28.2.